The molecule has 0 atom stereocenters. The summed E-state index contributed by atoms with van der Waals surface area (Å²) in [7, 11) is 0. The minimum absolute atomic E-state index is 0.134. The molecule has 0 saturated carbocycles. The van der Waals surface area contributed by atoms with E-state index in [2.05, 4.69) is 15.5 Å². The van der Waals surface area contributed by atoms with Crippen molar-refractivity contribution in [1.82, 2.24) is 10.2 Å². The molecule has 94 valence electrons. The second kappa shape index (κ2) is 7.46. The number of amides is 1. The number of hydrogen-bond acceptors (Lipinski definition) is 7. The Morgan fingerprint density at radius 2 is 2.29 bits per heavy atom. The number of halogens is 1. The molecule has 0 aliphatic rings. The molecule has 9 heteroatoms. The molecule has 0 aliphatic heterocycles. The van der Waals surface area contributed by atoms with E-state index in [-0.39, 0.29) is 23.5 Å². The number of aromatic nitrogens is 2. The maximum atomic E-state index is 11.1. The zero-order chi connectivity index (χ0) is 12.7. The smallest absolute Gasteiger partial charge is 0.316 e. The Balaban J connectivity index is 2.40. The molecule has 0 saturated heterocycles. The lowest BCUT2D eigenvalue weighted by Crippen LogP contribution is -2.12. The average Bonchev–Trinajstić information content (AvgIpc) is 2.74. The van der Waals surface area contributed by atoms with Gasteiger partial charge in [-0.15, -0.1) is 21.8 Å². The molecule has 1 N–H and O–H groups in total. The van der Waals surface area contributed by atoms with Crippen molar-refractivity contribution >= 4 is 51.7 Å². The molecule has 0 aliphatic carbocycles. The second-order valence-corrected chi connectivity index (χ2v) is 5.12. The van der Waals surface area contributed by atoms with Crippen LogP contribution in [0.15, 0.2) is 4.34 Å². The van der Waals surface area contributed by atoms with Crippen molar-refractivity contribution in [2.75, 3.05) is 23.6 Å². The van der Waals surface area contributed by atoms with E-state index in [1.165, 1.54) is 23.1 Å². The molecule has 0 spiro atoms. The Bertz CT molecular complexity index is 399. The number of esters is 1. The summed E-state index contributed by atoms with van der Waals surface area (Å²) in [4.78, 5) is 22.0. The van der Waals surface area contributed by atoms with Gasteiger partial charge in [-0.25, -0.2) is 0 Å². The van der Waals surface area contributed by atoms with Gasteiger partial charge in [0.25, 0.3) is 0 Å². The van der Waals surface area contributed by atoms with Crippen LogP contribution in [0.4, 0.5) is 5.13 Å². The van der Waals surface area contributed by atoms with Gasteiger partial charge < -0.3 is 4.74 Å². The fraction of sp³-hybridized carbons (Fsp3) is 0.500. The quantitative estimate of drug-likeness (QED) is 0.369. The van der Waals surface area contributed by atoms with Crippen molar-refractivity contribution in [3.05, 3.63) is 0 Å². The van der Waals surface area contributed by atoms with Gasteiger partial charge in [-0.05, 0) is 6.92 Å². The highest BCUT2D eigenvalue weighted by molar-refractivity contribution is 8.01. The second-order valence-electron chi connectivity index (χ2n) is 2.65. The van der Waals surface area contributed by atoms with Gasteiger partial charge >= 0.3 is 5.97 Å². The van der Waals surface area contributed by atoms with Crippen molar-refractivity contribution in [2.45, 2.75) is 11.3 Å². The van der Waals surface area contributed by atoms with Crippen LogP contribution in [0.25, 0.3) is 0 Å². The molecule has 1 aromatic rings. The molecule has 6 nitrogen and oxygen atoms in total. The van der Waals surface area contributed by atoms with Crippen LogP contribution in [-0.2, 0) is 14.3 Å². The molecule has 0 aromatic carbocycles. The van der Waals surface area contributed by atoms with Crippen LogP contribution in [0.3, 0.4) is 0 Å². The minimum Gasteiger partial charge on any atom is -0.465 e. The average molecular weight is 296 g/mol. The Kier molecular flexibility index (Phi) is 6.23. The summed E-state index contributed by atoms with van der Waals surface area (Å²) in [5.74, 6) is -0.611. The Labute approximate surface area is 111 Å². The highest BCUT2D eigenvalue weighted by Gasteiger charge is 2.10. The van der Waals surface area contributed by atoms with E-state index in [9.17, 15) is 9.59 Å². The summed E-state index contributed by atoms with van der Waals surface area (Å²) in [5.41, 5.74) is 0. The number of carbonyl (C=O) groups is 2. The lowest BCUT2D eigenvalue weighted by atomic mass is 10.7. The van der Waals surface area contributed by atoms with Crippen molar-refractivity contribution in [3.8, 4) is 0 Å². The van der Waals surface area contributed by atoms with Crippen molar-refractivity contribution in [2.24, 2.45) is 0 Å². The predicted molar refractivity (Wildman–Crippen MR) is 66.6 cm³/mol. The normalized spacial score (nSPS) is 10.0. The van der Waals surface area contributed by atoms with E-state index in [1.807, 2.05) is 0 Å². The first-order valence-electron chi connectivity index (χ1n) is 4.63. The zero-order valence-corrected chi connectivity index (χ0v) is 11.3. The number of hydrogen-bond donors (Lipinski definition) is 1. The maximum absolute atomic E-state index is 11.1. The van der Waals surface area contributed by atoms with Crippen molar-refractivity contribution < 1.29 is 14.3 Å². The van der Waals surface area contributed by atoms with Crippen LogP contribution in [-0.4, -0.2) is 40.3 Å². The van der Waals surface area contributed by atoms with E-state index in [0.717, 1.165) is 0 Å². The third-order valence-corrected chi connectivity index (χ3v) is 3.58. The van der Waals surface area contributed by atoms with E-state index in [0.29, 0.717) is 16.1 Å². The fourth-order valence-corrected chi connectivity index (χ4v) is 2.43. The summed E-state index contributed by atoms with van der Waals surface area (Å²) < 4.78 is 5.35. The first kappa shape index (κ1) is 14.2. The topological polar surface area (TPSA) is 81.2 Å². The molecule has 0 fully saturated rings. The molecule has 0 bridgehead atoms. The van der Waals surface area contributed by atoms with Gasteiger partial charge in [0.15, 0.2) is 4.34 Å². The molecule has 1 heterocycles. The lowest BCUT2D eigenvalue weighted by Gasteiger charge is -1.98. The Morgan fingerprint density at radius 3 is 2.94 bits per heavy atom. The summed E-state index contributed by atoms with van der Waals surface area (Å²) in [5, 5.41) is 10.4. The van der Waals surface area contributed by atoms with E-state index >= 15 is 0 Å². The van der Waals surface area contributed by atoms with Crippen LogP contribution in [0.2, 0.25) is 0 Å². The zero-order valence-electron chi connectivity index (χ0n) is 8.93. The van der Waals surface area contributed by atoms with Crippen molar-refractivity contribution in [1.29, 1.82) is 0 Å². The van der Waals surface area contributed by atoms with Crippen LogP contribution in [0.1, 0.15) is 6.92 Å². The monoisotopic (exact) mass is 295 g/mol. The minimum atomic E-state index is -0.343. The number of nitrogens with one attached hydrogen (secondary N) is 1. The molecular formula is C8H10ClN3O3S2. The highest BCUT2D eigenvalue weighted by atomic mass is 35.5. The maximum Gasteiger partial charge on any atom is 0.316 e. The number of carbonyl (C=O) groups excluding carboxylic acids is 2. The summed E-state index contributed by atoms with van der Waals surface area (Å²) in [6, 6.07) is 0. The van der Waals surface area contributed by atoms with Gasteiger partial charge in [0, 0.05) is 0 Å². The first-order valence-corrected chi connectivity index (χ1v) is 6.97. The van der Waals surface area contributed by atoms with E-state index < -0.39 is 0 Å². The Morgan fingerprint density at radius 1 is 1.53 bits per heavy atom. The van der Waals surface area contributed by atoms with Gasteiger partial charge in [-0.1, -0.05) is 23.1 Å². The lowest BCUT2D eigenvalue weighted by molar-refractivity contribution is -0.139. The first-order chi connectivity index (χ1) is 8.15. The Hall–Kier alpha value is -0.860. The van der Waals surface area contributed by atoms with Crippen molar-refractivity contribution in [3.63, 3.8) is 0 Å². The van der Waals surface area contributed by atoms with E-state index in [1.54, 1.807) is 6.92 Å². The van der Waals surface area contributed by atoms with Gasteiger partial charge in [0.05, 0.1) is 12.4 Å². The van der Waals surface area contributed by atoms with Crippen LogP contribution in [0, 0.1) is 0 Å². The SMILES string of the molecule is CCOC(=O)CSc1nnc(NC(=O)CCl)s1. The van der Waals surface area contributed by atoms with Gasteiger partial charge in [0.1, 0.15) is 5.88 Å². The number of alkyl halides is 1. The third kappa shape index (κ3) is 5.33. The number of nitrogens with zero attached hydrogens (tertiary/aromatic N) is 2. The standard InChI is InChI=1S/C8H10ClN3O3S2/c1-2-15-6(14)4-16-8-12-11-7(17-8)10-5(13)3-9/h2-4H2,1H3,(H,10,11,13). The molecule has 1 aromatic heterocycles. The molecule has 17 heavy (non-hydrogen) atoms. The molecule has 1 rings (SSSR count). The largest absolute Gasteiger partial charge is 0.465 e. The third-order valence-electron chi connectivity index (χ3n) is 1.39. The van der Waals surface area contributed by atoms with E-state index in [4.69, 9.17) is 16.3 Å². The highest BCUT2D eigenvalue weighted by Crippen LogP contribution is 2.25. The number of rotatable bonds is 6. The van der Waals surface area contributed by atoms with Gasteiger partial charge in [-0.3, -0.25) is 14.9 Å². The summed E-state index contributed by atoms with van der Waals surface area (Å²) in [6.45, 7) is 2.10. The van der Waals surface area contributed by atoms with Crippen LogP contribution >= 0.6 is 34.7 Å². The van der Waals surface area contributed by atoms with Crippen LogP contribution in [0.5, 0.6) is 0 Å². The molecule has 0 radical (unpaired) electrons. The fourth-order valence-electron chi connectivity index (χ4n) is 0.795. The number of anilines is 1. The number of ether oxygens (including phenoxy) is 1. The van der Waals surface area contributed by atoms with Crippen LogP contribution < -0.4 is 5.32 Å². The predicted octanol–water partition coefficient (Wildman–Crippen LogP) is 1.37. The molecular weight excluding hydrogens is 286 g/mol. The van der Waals surface area contributed by atoms with Gasteiger partial charge in [-0.2, -0.15) is 0 Å². The summed E-state index contributed by atoms with van der Waals surface area (Å²) in [6.07, 6.45) is 0. The summed E-state index contributed by atoms with van der Waals surface area (Å²) >= 11 is 7.71. The molecule has 0 unspecified atom stereocenters. The van der Waals surface area contributed by atoms with Gasteiger partial charge in [0.2, 0.25) is 11.0 Å². The number of thioether (sulfide) groups is 1. The molecule has 1 amide bonds.